The highest BCUT2D eigenvalue weighted by Crippen LogP contribution is 2.36. The summed E-state index contributed by atoms with van der Waals surface area (Å²) in [5, 5.41) is 11.9. The van der Waals surface area contributed by atoms with Crippen molar-refractivity contribution in [1.29, 1.82) is 0 Å². The number of carbonyl (C=O) groups excluding carboxylic acids is 1. The van der Waals surface area contributed by atoms with Gasteiger partial charge in [-0.1, -0.05) is 6.07 Å². The van der Waals surface area contributed by atoms with E-state index in [0.717, 1.165) is 35.2 Å². The minimum atomic E-state index is -0.224. The number of carbonyl (C=O) groups is 1. The first-order valence-corrected chi connectivity index (χ1v) is 13.5. The second kappa shape index (κ2) is 9.34. The molecule has 42 heavy (non-hydrogen) atoms. The molecule has 0 fully saturated rings. The third kappa shape index (κ3) is 3.88. The maximum absolute atomic E-state index is 13.1. The summed E-state index contributed by atoms with van der Waals surface area (Å²) < 4.78 is 5.31. The summed E-state index contributed by atoms with van der Waals surface area (Å²) in [5.41, 5.74) is 12.6. The molecule has 1 amide bonds. The number of nitrogens with two attached hydrogens (primary N) is 1. The Morgan fingerprint density at radius 3 is 2.79 bits per heavy atom. The smallest absolute Gasteiger partial charge is 0.272 e. The van der Waals surface area contributed by atoms with Crippen LogP contribution >= 0.6 is 0 Å². The average molecular weight is 554 g/mol. The van der Waals surface area contributed by atoms with Gasteiger partial charge in [0.2, 0.25) is 0 Å². The van der Waals surface area contributed by atoms with Crippen molar-refractivity contribution in [3.63, 3.8) is 0 Å². The van der Waals surface area contributed by atoms with Crippen LogP contribution in [0, 0.1) is 0 Å². The lowest BCUT2D eigenvalue weighted by Gasteiger charge is -2.15. The van der Waals surface area contributed by atoms with Crippen LogP contribution in [0.15, 0.2) is 91.6 Å². The lowest BCUT2D eigenvalue weighted by atomic mass is 10.1. The van der Waals surface area contributed by atoms with Gasteiger partial charge >= 0.3 is 0 Å². The number of pyridine rings is 2. The Balaban J connectivity index is 1.19. The van der Waals surface area contributed by atoms with Crippen LogP contribution in [0.1, 0.15) is 34.1 Å². The molecule has 0 unspecified atom stereocenters. The molecule has 0 aliphatic heterocycles. The highest BCUT2D eigenvalue weighted by Gasteiger charge is 2.27. The fraction of sp³-hybridized carbons (Fsp3) is 0.100. The zero-order valence-corrected chi connectivity index (χ0v) is 22.2. The molecule has 1 aromatic carbocycles. The third-order valence-electron chi connectivity index (χ3n) is 7.56. The van der Waals surface area contributed by atoms with Crippen molar-refractivity contribution in [2.75, 3.05) is 5.73 Å². The molecular formula is C30H23N11O. The molecule has 0 spiro atoms. The number of nitrogens with zero attached hydrogens (tertiary/aromatic N) is 9. The van der Waals surface area contributed by atoms with Gasteiger partial charge in [0.15, 0.2) is 22.9 Å². The first-order valence-electron chi connectivity index (χ1n) is 13.5. The van der Waals surface area contributed by atoms with Gasteiger partial charge in [0.1, 0.15) is 17.0 Å². The molecule has 8 rings (SSSR count). The third-order valence-corrected chi connectivity index (χ3v) is 7.56. The summed E-state index contributed by atoms with van der Waals surface area (Å²) in [6.07, 6.45) is 10.2. The van der Waals surface area contributed by atoms with Gasteiger partial charge in [-0.15, -0.1) is 0 Å². The molecule has 0 saturated carbocycles. The van der Waals surface area contributed by atoms with E-state index >= 15 is 0 Å². The van der Waals surface area contributed by atoms with Crippen LogP contribution in [-0.4, -0.2) is 49.8 Å². The normalized spacial score (nSPS) is 14.4. The summed E-state index contributed by atoms with van der Waals surface area (Å²) in [4.78, 5) is 31.4. The highest BCUT2D eigenvalue weighted by molar-refractivity contribution is 5.92. The summed E-state index contributed by atoms with van der Waals surface area (Å²) in [6, 6.07) is 19.0. The van der Waals surface area contributed by atoms with E-state index in [1.54, 1.807) is 46.1 Å². The van der Waals surface area contributed by atoms with Crippen molar-refractivity contribution < 1.29 is 4.79 Å². The van der Waals surface area contributed by atoms with E-state index in [9.17, 15) is 4.79 Å². The fourth-order valence-corrected chi connectivity index (χ4v) is 5.57. The van der Waals surface area contributed by atoms with Crippen LogP contribution < -0.4 is 11.1 Å². The molecule has 12 heteroatoms. The van der Waals surface area contributed by atoms with Gasteiger partial charge in [0.25, 0.3) is 5.91 Å². The van der Waals surface area contributed by atoms with Crippen molar-refractivity contribution in [1.82, 2.24) is 49.2 Å². The lowest BCUT2D eigenvalue weighted by molar-refractivity contribution is 0.0930. The number of nitrogens with one attached hydrogen (secondary N) is 1. The number of aromatic nitrogens is 9. The zero-order valence-electron chi connectivity index (χ0n) is 22.2. The topological polar surface area (TPSA) is 147 Å². The van der Waals surface area contributed by atoms with Crippen molar-refractivity contribution in [2.24, 2.45) is 0 Å². The number of nitrogen functional groups attached to an aromatic ring is 1. The maximum atomic E-state index is 13.1. The number of hydrogen-bond donors (Lipinski definition) is 2. The highest BCUT2D eigenvalue weighted by atomic mass is 16.2. The Labute approximate surface area is 238 Å². The minimum Gasteiger partial charge on any atom is -0.383 e. The molecule has 6 heterocycles. The SMILES string of the molecule is Nc1ncccc1-c1nc2ccc(-n3cccn3)nc2n1-c1ccc2c(c1)CC[C@@H]2NC(=O)c1ccc2nccn2n1. The Hall–Kier alpha value is -5.91. The van der Waals surface area contributed by atoms with Crippen LogP contribution in [0.2, 0.25) is 0 Å². The van der Waals surface area contributed by atoms with E-state index in [-0.39, 0.29) is 11.9 Å². The van der Waals surface area contributed by atoms with E-state index in [1.807, 2.05) is 47.2 Å². The maximum Gasteiger partial charge on any atom is 0.272 e. The second-order valence-corrected chi connectivity index (χ2v) is 10.1. The van der Waals surface area contributed by atoms with E-state index in [0.29, 0.717) is 40.0 Å². The Kier molecular flexibility index (Phi) is 5.32. The van der Waals surface area contributed by atoms with E-state index < -0.39 is 0 Å². The van der Waals surface area contributed by atoms with Gasteiger partial charge in [-0.3, -0.25) is 9.36 Å². The number of imidazole rings is 2. The molecule has 12 nitrogen and oxygen atoms in total. The molecular weight excluding hydrogens is 530 g/mol. The van der Waals surface area contributed by atoms with E-state index in [2.05, 4.69) is 37.6 Å². The van der Waals surface area contributed by atoms with Crippen LogP contribution in [0.4, 0.5) is 5.82 Å². The Morgan fingerprint density at radius 1 is 0.952 bits per heavy atom. The molecule has 1 atom stereocenters. The molecule has 1 aliphatic rings. The minimum absolute atomic E-state index is 0.126. The van der Waals surface area contributed by atoms with Gasteiger partial charge in [-0.05, 0) is 78.6 Å². The number of anilines is 1. The quantitative estimate of drug-likeness (QED) is 0.328. The predicted molar refractivity (Wildman–Crippen MR) is 155 cm³/mol. The standard InChI is InChI=1S/C30H23N11O/c31-27-21(3-1-12-33-27)28-35-23-8-11-26(39-15-2-13-34-39)37-29(23)41(28)19-5-6-20-18(17-19)4-7-22(20)36-30(42)24-9-10-25-32-14-16-40(25)38-24/h1-3,5-6,8-17,22H,4,7H2,(H2,31,33)(H,36,42)/t22-/m0/s1. The van der Waals surface area contributed by atoms with Gasteiger partial charge < -0.3 is 11.1 Å². The molecule has 0 bridgehead atoms. The lowest BCUT2D eigenvalue weighted by Crippen LogP contribution is -2.28. The van der Waals surface area contributed by atoms with E-state index in [1.165, 1.54) is 0 Å². The number of rotatable bonds is 5. The van der Waals surface area contributed by atoms with Gasteiger partial charge in [0, 0.05) is 36.7 Å². The number of amides is 1. The molecule has 204 valence electrons. The Morgan fingerprint density at radius 2 is 1.90 bits per heavy atom. The number of benzene rings is 1. The molecule has 0 radical (unpaired) electrons. The summed E-state index contributed by atoms with van der Waals surface area (Å²) in [5.74, 6) is 1.47. The van der Waals surface area contributed by atoms with Crippen molar-refractivity contribution in [3.05, 3.63) is 108 Å². The average Bonchev–Trinajstić information content (AvgIpc) is 3.83. The first-order chi connectivity index (χ1) is 20.6. The first kappa shape index (κ1) is 23.9. The van der Waals surface area contributed by atoms with Crippen LogP contribution in [-0.2, 0) is 6.42 Å². The van der Waals surface area contributed by atoms with Crippen LogP contribution in [0.25, 0.3) is 39.7 Å². The molecule has 3 N–H and O–H groups in total. The van der Waals surface area contributed by atoms with E-state index in [4.69, 9.17) is 15.7 Å². The monoisotopic (exact) mass is 553 g/mol. The zero-order chi connectivity index (χ0) is 28.2. The van der Waals surface area contributed by atoms with Crippen LogP contribution in [0.3, 0.4) is 0 Å². The van der Waals surface area contributed by atoms with Crippen molar-refractivity contribution in [3.8, 4) is 22.9 Å². The van der Waals surface area contributed by atoms with Crippen molar-refractivity contribution in [2.45, 2.75) is 18.9 Å². The number of fused-ring (bicyclic) bond motifs is 3. The van der Waals surface area contributed by atoms with Crippen LogP contribution in [0.5, 0.6) is 0 Å². The Bertz CT molecular complexity index is 2130. The number of hydrogen-bond acceptors (Lipinski definition) is 8. The molecule has 0 saturated heterocycles. The molecule has 1 aliphatic carbocycles. The largest absolute Gasteiger partial charge is 0.383 e. The summed E-state index contributed by atoms with van der Waals surface area (Å²) >= 11 is 0. The second-order valence-electron chi connectivity index (χ2n) is 10.1. The summed E-state index contributed by atoms with van der Waals surface area (Å²) in [7, 11) is 0. The molecule has 7 aromatic rings. The fourth-order valence-electron chi connectivity index (χ4n) is 5.57. The molecule has 6 aromatic heterocycles. The number of aryl methyl sites for hydroxylation is 1. The van der Waals surface area contributed by atoms with Gasteiger partial charge in [0.05, 0.1) is 11.6 Å². The van der Waals surface area contributed by atoms with Crippen molar-refractivity contribution >= 4 is 28.5 Å². The van der Waals surface area contributed by atoms with Gasteiger partial charge in [-0.2, -0.15) is 10.2 Å². The summed E-state index contributed by atoms with van der Waals surface area (Å²) in [6.45, 7) is 0. The predicted octanol–water partition coefficient (Wildman–Crippen LogP) is 3.71. The van der Waals surface area contributed by atoms with Gasteiger partial charge in [-0.25, -0.2) is 29.1 Å².